The Morgan fingerprint density at radius 2 is 0.937 bits per heavy atom. The smallest absolute Gasteiger partial charge is 0.187 e. The normalized spacial score (nSPS) is 13.5. The van der Waals surface area contributed by atoms with Gasteiger partial charge in [-0.1, -0.05) is 156 Å². The molecule has 8 rings (SSSR count). The highest BCUT2D eigenvalue weighted by molar-refractivity contribution is 7.00. The molecule has 4 nitrogen and oxygen atoms in total. The molecule has 0 radical (unpaired) electrons. The number of anilines is 6. The lowest BCUT2D eigenvalue weighted by Gasteiger charge is -2.51. The number of rotatable bonds is 10. The Morgan fingerprint density at radius 1 is 0.492 bits per heavy atom. The zero-order chi connectivity index (χ0) is 45.3. The Kier molecular flexibility index (Phi) is 11.0. The second kappa shape index (κ2) is 15.8. The van der Waals surface area contributed by atoms with Crippen molar-refractivity contribution in [2.24, 2.45) is 0 Å². The van der Waals surface area contributed by atoms with Crippen molar-refractivity contribution < 1.29 is 0 Å². The monoisotopic (exact) mass is 888 g/mol. The van der Waals surface area contributed by atoms with Crippen molar-refractivity contribution in [3.05, 3.63) is 174 Å². The molecule has 0 amide bonds. The van der Waals surface area contributed by atoms with Gasteiger partial charge in [-0.15, -0.1) is 0 Å². The molecule has 1 aliphatic rings. The van der Waals surface area contributed by atoms with Gasteiger partial charge in [0.1, 0.15) is 0 Å². The summed E-state index contributed by atoms with van der Waals surface area (Å²) in [5.74, 6) is 0. The second-order valence-corrected chi connectivity index (χ2v) is 42.5. The van der Waals surface area contributed by atoms with Gasteiger partial charge in [0.2, 0.25) is 0 Å². The van der Waals surface area contributed by atoms with Crippen molar-refractivity contribution in [2.75, 3.05) is 9.80 Å². The fourth-order valence-electron chi connectivity index (χ4n) is 10.7. The van der Waals surface area contributed by atoms with Gasteiger partial charge < -0.3 is 9.80 Å². The largest absolute Gasteiger partial charge is 0.310 e. The second-order valence-electron chi connectivity index (χ2n) is 21.4. The Morgan fingerprint density at radius 3 is 1.40 bits per heavy atom. The van der Waals surface area contributed by atoms with Gasteiger partial charge in [0.05, 0.1) is 56.2 Å². The summed E-state index contributed by atoms with van der Waals surface area (Å²) in [4.78, 5) is 8.59. The topological polar surface area (TPSA) is 34.6 Å². The molecule has 0 spiro atoms. The number of nitrogens with zero attached hydrogens (tertiary/aromatic N) is 4. The minimum atomic E-state index is -2.15. The summed E-state index contributed by atoms with van der Waals surface area (Å²) in [6.45, 7) is 37.7. The molecule has 0 saturated carbocycles. The molecule has 0 aromatic heterocycles. The SMILES string of the molecule is [C-]#[N+]c1ccc(N(c2ccc([Si](C)(C)C)cc2)c2cc3c(c4ccccc24)-c2ccc(N(c4ccc(C#N)cc4)c4ccc([Si](C)(C)C)cc4)cc2C3([Si](C)(C)C)[Si](C)(C)C)cc1. The molecule has 0 heterocycles. The molecule has 0 aliphatic heterocycles. The van der Waals surface area contributed by atoms with Crippen LogP contribution in [0.15, 0.2) is 146 Å². The molecular formula is C55H60N4Si4. The first-order valence-electron chi connectivity index (χ1n) is 22.2. The van der Waals surface area contributed by atoms with Crippen LogP contribution in [0.5, 0.6) is 0 Å². The minimum absolute atomic E-state index is 0.168. The third-order valence-electron chi connectivity index (χ3n) is 13.3. The van der Waals surface area contributed by atoms with Crippen LogP contribution >= 0.6 is 0 Å². The van der Waals surface area contributed by atoms with E-state index in [0.717, 1.165) is 34.1 Å². The van der Waals surface area contributed by atoms with Gasteiger partial charge in [-0.25, -0.2) is 4.85 Å². The van der Waals surface area contributed by atoms with Gasteiger partial charge >= 0.3 is 0 Å². The first kappa shape index (κ1) is 43.9. The van der Waals surface area contributed by atoms with Crippen molar-refractivity contribution in [2.45, 2.75) is 83.2 Å². The van der Waals surface area contributed by atoms with Gasteiger partial charge in [0.25, 0.3) is 0 Å². The van der Waals surface area contributed by atoms with Gasteiger partial charge in [0.15, 0.2) is 5.69 Å². The highest BCUT2D eigenvalue weighted by Crippen LogP contribution is 2.62. The van der Waals surface area contributed by atoms with Crippen molar-refractivity contribution in [1.29, 1.82) is 5.26 Å². The summed E-state index contributed by atoms with van der Waals surface area (Å²) in [6.07, 6.45) is 0. The van der Waals surface area contributed by atoms with Crippen LogP contribution in [0.4, 0.5) is 39.8 Å². The average Bonchev–Trinajstić information content (AvgIpc) is 3.56. The van der Waals surface area contributed by atoms with Crippen molar-refractivity contribution in [3.8, 4) is 17.2 Å². The fraction of sp³-hybridized carbons (Fsp3) is 0.236. The number of hydrogen-bond acceptors (Lipinski definition) is 3. The van der Waals surface area contributed by atoms with E-state index in [-0.39, 0.29) is 4.66 Å². The summed E-state index contributed by atoms with van der Waals surface area (Å²) in [7, 11) is -7.37. The maximum absolute atomic E-state index is 9.77. The summed E-state index contributed by atoms with van der Waals surface area (Å²) in [5.41, 5.74) is 13.5. The molecule has 316 valence electrons. The third kappa shape index (κ3) is 7.53. The van der Waals surface area contributed by atoms with Crippen LogP contribution in [0.1, 0.15) is 16.7 Å². The molecule has 0 N–H and O–H groups in total. The summed E-state index contributed by atoms with van der Waals surface area (Å²) >= 11 is 0. The van der Waals surface area contributed by atoms with Crippen LogP contribution in [-0.4, -0.2) is 32.3 Å². The van der Waals surface area contributed by atoms with E-state index in [4.69, 9.17) is 6.57 Å². The molecule has 0 unspecified atom stereocenters. The van der Waals surface area contributed by atoms with E-state index < -0.39 is 32.3 Å². The molecule has 0 saturated heterocycles. The Hall–Kier alpha value is -5.75. The van der Waals surface area contributed by atoms with E-state index >= 15 is 0 Å². The van der Waals surface area contributed by atoms with Crippen LogP contribution in [0.2, 0.25) is 78.6 Å². The van der Waals surface area contributed by atoms with Crippen LogP contribution in [0.25, 0.3) is 26.7 Å². The van der Waals surface area contributed by atoms with Crippen LogP contribution in [-0.2, 0) is 4.66 Å². The summed E-state index contributed by atoms with van der Waals surface area (Å²) in [5, 5.41) is 15.1. The Bertz CT molecular complexity index is 2920. The van der Waals surface area contributed by atoms with E-state index in [1.54, 1.807) is 0 Å². The Balaban J connectivity index is 1.43. The molecular weight excluding hydrogens is 829 g/mol. The fourth-order valence-corrected chi connectivity index (χ4v) is 26.0. The maximum atomic E-state index is 9.77. The molecule has 0 fully saturated rings. The number of hydrogen-bond donors (Lipinski definition) is 0. The zero-order valence-electron chi connectivity index (χ0n) is 39.1. The van der Waals surface area contributed by atoms with Gasteiger partial charge in [-0.2, -0.15) is 5.26 Å². The quantitative estimate of drug-likeness (QED) is 0.101. The number of nitriles is 1. The highest BCUT2D eigenvalue weighted by Gasteiger charge is 2.60. The van der Waals surface area contributed by atoms with Gasteiger partial charge in [0, 0.05) is 38.5 Å². The number of benzene rings is 7. The van der Waals surface area contributed by atoms with Crippen LogP contribution in [0.3, 0.4) is 0 Å². The molecule has 0 bridgehead atoms. The minimum Gasteiger partial charge on any atom is -0.310 e. The lowest BCUT2D eigenvalue weighted by atomic mass is 9.95. The molecule has 63 heavy (non-hydrogen) atoms. The summed E-state index contributed by atoms with van der Waals surface area (Å²) < 4.78 is -0.168. The average molecular weight is 889 g/mol. The first-order chi connectivity index (χ1) is 29.7. The Labute approximate surface area is 380 Å². The van der Waals surface area contributed by atoms with Crippen molar-refractivity contribution in [1.82, 2.24) is 0 Å². The molecule has 7 aromatic carbocycles. The van der Waals surface area contributed by atoms with Crippen LogP contribution in [0, 0.1) is 17.9 Å². The predicted octanol–water partition coefficient (Wildman–Crippen LogP) is 15.3. The van der Waals surface area contributed by atoms with E-state index in [1.165, 1.54) is 43.4 Å². The van der Waals surface area contributed by atoms with E-state index in [1.807, 2.05) is 24.3 Å². The standard InChI is InChI=1S/C55H60N4Si4/c1-57-40-20-24-43(25-21-40)59(44-28-33-47(34-29-44)61(5,6)7)53-37-52-54(49-17-15-14-16-48(49)53)50-35-30-45(36-51(50)55(52,62(8,9)10)63(11,12)13)58(41-22-18-39(38-56)19-23-41)42-26-31-46(32-27-42)60(2,3)4/h14-37H,2-13H3. The zero-order valence-corrected chi connectivity index (χ0v) is 43.1. The van der Waals surface area contributed by atoms with E-state index in [9.17, 15) is 5.26 Å². The molecule has 0 atom stereocenters. The van der Waals surface area contributed by atoms with Crippen LogP contribution < -0.4 is 20.2 Å². The predicted molar refractivity (Wildman–Crippen MR) is 283 cm³/mol. The lowest BCUT2D eigenvalue weighted by molar-refractivity contribution is 0.952. The highest BCUT2D eigenvalue weighted by atomic mass is 28.4. The molecule has 7 aromatic rings. The van der Waals surface area contributed by atoms with Gasteiger partial charge in [-0.05, 0) is 107 Å². The van der Waals surface area contributed by atoms with Crippen molar-refractivity contribution >= 4 is 93.3 Å². The maximum Gasteiger partial charge on any atom is 0.187 e. The lowest BCUT2D eigenvalue weighted by Crippen LogP contribution is -2.63. The van der Waals surface area contributed by atoms with Gasteiger partial charge in [-0.3, -0.25) is 0 Å². The number of fused-ring (bicyclic) bond motifs is 5. The molecule has 1 aliphatic carbocycles. The van der Waals surface area contributed by atoms with Crippen molar-refractivity contribution in [3.63, 3.8) is 0 Å². The third-order valence-corrected chi connectivity index (χ3v) is 27.5. The van der Waals surface area contributed by atoms with E-state index in [0.29, 0.717) is 11.3 Å². The first-order valence-corrected chi connectivity index (χ1v) is 36.2. The molecule has 8 heteroatoms. The van der Waals surface area contributed by atoms with E-state index in [2.05, 4.69) is 221 Å². The summed E-state index contributed by atoms with van der Waals surface area (Å²) in [6, 6.07) is 55.9.